The molecule has 3 nitrogen and oxygen atoms in total. The third-order valence-electron chi connectivity index (χ3n) is 2.69. The SMILES string of the molecule is Cl.NC1CCN(C(=O)c2c(F)cccc2F)C1. The quantitative estimate of drug-likeness (QED) is 0.835. The van der Waals surface area contributed by atoms with Crippen LogP contribution in [0.1, 0.15) is 16.8 Å². The van der Waals surface area contributed by atoms with Gasteiger partial charge >= 0.3 is 0 Å². The number of likely N-dealkylation sites (tertiary alicyclic amines) is 1. The zero-order valence-electron chi connectivity index (χ0n) is 9.03. The van der Waals surface area contributed by atoms with Gasteiger partial charge in [-0.3, -0.25) is 4.79 Å². The van der Waals surface area contributed by atoms with Gasteiger partial charge in [-0.15, -0.1) is 12.4 Å². The van der Waals surface area contributed by atoms with Gasteiger partial charge in [0.25, 0.3) is 5.91 Å². The number of benzene rings is 1. The molecule has 94 valence electrons. The Morgan fingerprint density at radius 1 is 1.35 bits per heavy atom. The summed E-state index contributed by atoms with van der Waals surface area (Å²) in [5.41, 5.74) is 5.15. The Hall–Kier alpha value is -1.20. The van der Waals surface area contributed by atoms with E-state index < -0.39 is 23.1 Å². The molecule has 0 bridgehead atoms. The lowest BCUT2D eigenvalue weighted by Gasteiger charge is -2.16. The number of hydrogen-bond donors (Lipinski definition) is 1. The summed E-state index contributed by atoms with van der Waals surface area (Å²) in [6.45, 7) is 0.806. The molecule has 2 rings (SSSR count). The molecule has 1 saturated heterocycles. The van der Waals surface area contributed by atoms with Crippen LogP contribution in [0.15, 0.2) is 18.2 Å². The lowest BCUT2D eigenvalue weighted by molar-refractivity contribution is 0.0781. The molecule has 6 heteroatoms. The minimum absolute atomic E-state index is 0. The van der Waals surface area contributed by atoms with Crippen LogP contribution in [0.3, 0.4) is 0 Å². The van der Waals surface area contributed by atoms with Crippen LogP contribution < -0.4 is 5.73 Å². The van der Waals surface area contributed by atoms with Crippen molar-refractivity contribution in [1.82, 2.24) is 4.90 Å². The minimum Gasteiger partial charge on any atom is -0.337 e. The van der Waals surface area contributed by atoms with Crippen molar-refractivity contribution in [3.05, 3.63) is 35.4 Å². The molecule has 1 heterocycles. The number of rotatable bonds is 1. The summed E-state index contributed by atoms with van der Waals surface area (Å²) in [4.78, 5) is 13.2. The van der Waals surface area contributed by atoms with Crippen molar-refractivity contribution >= 4 is 18.3 Å². The number of nitrogens with zero attached hydrogens (tertiary/aromatic N) is 1. The summed E-state index contributed by atoms with van der Waals surface area (Å²) in [7, 11) is 0. The summed E-state index contributed by atoms with van der Waals surface area (Å²) in [5.74, 6) is -2.28. The number of hydrogen-bond acceptors (Lipinski definition) is 2. The summed E-state index contributed by atoms with van der Waals surface area (Å²) in [6, 6.07) is 3.29. The van der Waals surface area contributed by atoms with E-state index >= 15 is 0 Å². The molecule has 1 fully saturated rings. The summed E-state index contributed by atoms with van der Waals surface area (Å²) < 4.78 is 26.7. The van der Waals surface area contributed by atoms with Crippen LogP contribution in [0.2, 0.25) is 0 Å². The van der Waals surface area contributed by atoms with E-state index in [2.05, 4.69) is 0 Å². The fourth-order valence-electron chi connectivity index (χ4n) is 1.83. The largest absolute Gasteiger partial charge is 0.337 e. The second kappa shape index (κ2) is 5.42. The molecule has 1 aromatic carbocycles. The average molecular weight is 263 g/mol. The van der Waals surface area contributed by atoms with Gasteiger partial charge in [-0.2, -0.15) is 0 Å². The highest BCUT2D eigenvalue weighted by Gasteiger charge is 2.28. The molecule has 0 aliphatic carbocycles. The topological polar surface area (TPSA) is 46.3 Å². The van der Waals surface area contributed by atoms with Gasteiger partial charge in [0, 0.05) is 19.1 Å². The Kier molecular flexibility index (Phi) is 4.42. The summed E-state index contributed by atoms with van der Waals surface area (Å²) >= 11 is 0. The lowest BCUT2D eigenvalue weighted by Crippen LogP contribution is -2.33. The van der Waals surface area contributed by atoms with E-state index in [1.165, 1.54) is 11.0 Å². The Labute approximate surface area is 104 Å². The monoisotopic (exact) mass is 262 g/mol. The van der Waals surface area contributed by atoms with Crippen molar-refractivity contribution in [2.24, 2.45) is 5.73 Å². The van der Waals surface area contributed by atoms with Gasteiger partial charge in [-0.25, -0.2) is 8.78 Å². The first-order valence-electron chi connectivity index (χ1n) is 5.08. The zero-order chi connectivity index (χ0) is 11.7. The van der Waals surface area contributed by atoms with Crippen LogP contribution in [0.25, 0.3) is 0 Å². The Morgan fingerprint density at radius 3 is 2.41 bits per heavy atom. The molecular formula is C11H13ClF2N2O. The van der Waals surface area contributed by atoms with E-state index in [1.807, 2.05) is 0 Å². The number of nitrogens with two attached hydrogens (primary N) is 1. The summed E-state index contributed by atoms with van der Waals surface area (Å²) in [6.07, 6.45) is 0.668. The number of carbonyl (C=O) groups is 1. The van der Waals surface area contributed by atoms with Gasteiger partial charge in [0.05, 0.1) is 0 Å². The zero-order valence-corrected chi connectivity index (χ0v) is 9.84. The summed E-state index contributed by atoms with van der Waals surface area (Å²) in [5, 5.41) is 0. The van der Waals surface area contributed by atoms with Crippen LogP contribution in [-0.4, -0.2) is 29.9 Å². The van der Waals surface area contributed by atoms with Gasteiger partial charge in [0.15, 0.2) is 0 Å². The molecule has 0 radical (unpaired) electrons. The molecule has 1 aliphatic rings. The highest BCUT2D eigenvalue weighted by atomic mass is 35.5. The van der Waals surface area contributed by atoms with E-state index in [0.717, 1.165) is 12.1 Å². The molecule has 1 amide bonds. The molecule has 1 atom stereocenters. The maximum Gasteiger partial charge on any atom is 0.259 e. The van der Waals surface area contributed by atoms with Crippen LogP contribution in [0.4, 0.5) is 8.78 Å². The number of amides is 1. The second-order valence-electron chi connectivity index (χ2n) is 3.90. The van der Waals surface area contributed by atoms with Crippen molar-refractivity contribution in [2.45, 2.75) is 12.5 Å². The van der Waals surface area contributed by atoms with E-state index in [-0.39, 0.29) is 18.4 Å². The fourth-order valence-corrected chi connectivity index (χ4v) is 1.83. The first-order valence-corrected chi connectivity index (χ1v) is 5.08. The molecule has 2 N–H and O–H groups in total. The highest BCUT2D eigenvalue weighted by Crippen LogP contribution is 2.17. The Morgan fingerprint density at radius 2 is 1.94 bits per heavy atom. The standard InChI is InChI=1S/C11H12F2N2O.ClH/c12-8-2-1-3-9(13)10(8)11(16)15-5-4-7(14)6-15;/h1-3,7H,4-6,14H2;1H. The highest BCUT2D eigenvalue weighted by molar-refractivity contribution is 5.95. The first kappa shape index (κ1) is 13.9. The van der Waals surface area contributed by atoms with E-state index in [9.17, 15) is 13.6 Å². The molecule has 0 spiro atoms. The van der Waals surface area contributed by atoms with Crippen molar-refractivity contribution in [2.75, 3.05) is 13.1 Å². The maximum atomic E-state index is 13.3. The van der Waals surface area contributed by atoms with Crippen LogP contribution in [0.5, 0.6) is 0 Å². The molecule has 17 heavy (non-hydrogen) atoms. The van der Waals surface area contributed by atoms with Crippen molar-refractivity contribution in [1.29, 1.82) is 0 Å². The minimum atomic E-state index is -0.828. The first-order chi connectivity index (χ1) is 7.59. The second-order valence-corrected chi connectivity index (χ2v) is 3.90. The van der Waals surface area contributed by atoms with E-state index in [0.29, 0.717) is 19.5 Å². The molecule has 1 aromatic rings. The van der Waals surface area contributed by atoms with Gasteiger partial charge in [-0.05, 0) is 18.6 Å². The number of halogens is 3. The van der Waals surface area contributed by atoms with E-state index in [1.54, 1.807) is 0 Å². The molecule has 1 unspecified atom stereocenters. The lowest BCUT2D eigenvalue weighted by atomic mass is 10.1. The molecule has 0 saturated carbocycles. The van der Waals surface area contributed by atoms with Gasteiger partial charge in [0.2, 0.25) is 0 Å². The molecule has 1 aliphatic heterocycles. The predicted octanol–water partition coefficient (Wildman–Crippen LogP) is 1.56. The van der Waals surface area contributed by atoms with Gasteiger partial charge < -0.3 is 10.6 Å². The van der Waals surface area contributed by atoms with Crippen LogP contribution >= 0.6 is 12.4 Å². The molecule has 0 aromatic heterocycles. The third-order valence-corrected chi connectivity index (χ3v) is 2.69. The normalized spacial score (nSPS) is 19.0. The van der Waals surface area contributed by atoms with Crippen LogP contribution in [-0.2, 0) is 0 Å². The van der Waals surface area contributed by atoms with Gasteiger partial charge in [0.1, 0.15) is 17.2 Å². The third kappa shape index (κ3) is 2.73. The molecular weight excluding hydrogens is 250 g/mol. The van der Waals surface area contributed by atoms with Gasteiger partial charge in [-0.1, -0.05) is 6.07 Å². The average Bonchev–Trinajstić information content (AvgIpc) is 2.64. The smallest absolute Gasteiger partial charge is 0.259 e. The van der Waals surface area contributed by atoms with Crippen molar-refractivity contribution in [3.63, 3.8) is 0 Å². The van der Waals surface area contributed by atoms with E-state index in [4.69, 9.17) is 5.73 Å². The Bertz CT molecular complexity index is 408. The van der Waals surface area contributed by atoms with Crippen molar-refractivity contribution in [3.8, 4) is 0 Å². The van der Waals surface area contributed by atoms with Crippen LogP contribution in [0, 0.1) is 11.6 Å². The fraction of sp³-hybridized carbons (Fsp3) is 0.364. The Balaban J connectivity index is 0.00000144. The van der Waals surface area contributed by atoms with Crippen molar-refractivity contribution < 1.29 is 13.6 Å². The number of carbonyl (C=O) groups excluding carboxylic acids is 1. The maximum absolute atomic E-state index is 13.3. The predicted molar refractivity (Wildman–Crippen MR) is 62.1 cm³/mol.